The van der Waals surface area contributed by atoms with Crippen molar-refractivity contribution in [1.82, 2.24) is 4.57 Å². The van der Waals surface area contributed by atoms with Crippen molar-refractivity contribution < 1.29 is 17.6 Å². The molecule has 0 unspecified atom stereocenters. The predicted octanol–water partition coefficient (Wildman–Crippen LogP) is 4.35. The Bertz CT molecular complexity index is 903. The lowest BCUT2D eigenvalue weighted by Crippen LogP contribution is -2.30. The molecule has 0 fully saturated rings. The van der Waals surface area contributed by atoms with Gasteiger partial charge < -0.3 is 4.57 Å². The maximum atomic E-state index is 14.0. The molecule has 0 aliphatic rings. The van der Waals surface area contributed by atoms with Crippen LogP contribution >= 0.6 is 0 Å². The fourth-order valence-corrected chi connectivity index (χ4v) is 2.49. The quantitative estimate of drug-likeness (QED) is 0.658. The number of benzene rings is 2. The zero-order valence-corrected chi connectivity index (χ0v) is 11.7. The minimum absolute atomic E-state index is 0.154. The Morgan fingerprint density at radius 3 is 2.17 bits per heavy atom. The highest BCUT2D eigenvalue weighted by Crippen LogP contribution is 2.36. The molecule has 0 aliphatic carbocycles. The van der Waals surface area contributed by atoms with Crippen LogP contribution in [0.25, 0.3) is 16.6 Å². The first-order valence-electron chi connectivity index (χ1n) is 6.79. The molecule has 0 bridgehead atoms. The Hall–Kier alpha value is -2.63. The fourth-order valence-electron chi connectivity index (χ4n) is 2.49. The average molecular weight is 321 g/mol. The lowest BCUT2D eigenvalue weighted by Gasteiger charge is -2.23. The Balaban J connectivity index is 2.47. The Morgan fingerprint density at radius 1 is 0.913 bits per heavy atom. The number of hydrogen-bond acceptors (Lipinski definition) is 1. The molecular weight excluding hydrogens is 310 g/mol. The summed E-state index contributed by atoms with van der Waals surface area (Å²) in [6.07, 6.45) is -3.92. The van der Waals surface area contributed by atoms with Gasteiger partial charge in [-0.3, -0.25) is 4.79 Å². The van der Waals surface area contributed by atoms with E-state index in [2.05, 4.69) is 0 Å². The molecule has 0 radical (unpaired) electrons. The summed E-state index contributed by atoms with van der Waals surface area (Å²) in [6, 6.07) is 14.6. The minimum Gasteiger partial charge on any atom is -0.307 e. The number of aromatic nitrogens is 1. The average Bonchev–Trinajstić information content (AvgIpc) is 2.55. The van der Waals surface area contributed by atoms with Gasteiger partial charge in [0.2, 0.25) is 0 Å². The van der Waals surface area contributed by atoms with Gasteiger partial charge in [0, 0.05) is 17.1 Å². The summed E-state index contributed by atoms with van der Waals surface area (Å²) in [5, 5.41) is 0.185. The molecule has 2 aromatic carbocycles. The van der Waals surface area contributed by atoms with Crippen LogP contribution in [0, 0.1) is 0 Å². The minimum atomic E-state index is -4.45. The molecule has 3 rings (SSSR count). The normalized spacial score (nSPS) is 12.0. The highest BCUT2D eigenvalue weighted by atomic mass is 19.3. The first kappa shape index (κ1) is 15.3. The summed E-state index contributed by atoms with van der Waals surface area (Å²) >= 11 is 0. The molecule has 0 saturated carbocycles. The molecule has 0 saturated heterocycles. The van der Waals surface area contributed by atoms with Crippen LogP contribution in [0.5, 0.6) is 0 Å². The molecule has 0 N–H and O–H groups in total. The number of alkyl halides is 4. The number of halogens is 4. The lowest BCUT2D eigenvalue weighted by molar-refractivity contribution is -0.139. The molecule has 0 aliphatic heterocycles. The Morgan fingerprint density at radius 2 is 1.52 bits per heavy atom. The van der Waals surface area contributed by atoms with Crippen molar-refractivity contribution in [1.29, 1.82) is 0 Å². The van der Waals surface area contributed by atoms with E-state index < -0.39 is 23.5 Å². The van der Waals surface area contributed by atoms with Gasteiger partial charge in [-0.05, 0) is 24.3 Å². The van der Waals surface area contributed by atoms with Crippen LogP contribution in [0.2, 0.25) is 0 Å². The number of fused-ring (bicyclic) bond motifs is 1. The van der Waals surface area contributed by atoms with Crippen molar-refractivity contribution in [2.45, 2.75) is 12.3 Å². The third kappa shape index (κ3) is 2.50. The van der Waals surface area contributed by atoms with E-state index in [4.69, 9.17) is 0 Å². The van der Waals surface area contributed by atoms with Crippen molar-refractivity contribution in [3.63, 3.8) is 0 Å². The SMILES string of the molecule is O=c1cc(C(F)(F)C(F)F)n(-c2ccccc2)c2ccccc12. The van der Waals surface area contributed by atoms with E-state index in [9.17, 15) is 22.4 Å². The maximum absolute atomic E-state index is 14.0. The van der Waals surface area contributed by atoms with Gasteiger partial charge in [0.1, 0.15) is 5.69 Å². The van der Waals surface area contributed by atoms with Crippen molar-refractivity contribution in [3.8, 4) is 5.69 Å². The number of para-hydroxylation sites is 2. The Labute approximate surface area is 128 Å². The van der Waals surface area contributed by atoms with Crippen LogP contribution in [0.1, 0.15) is 5.69 Å². The van der Waals surface area contributed by atoms with Gasteiger partial charge in [0.25, 0.3) is 0 Å². The highest BCUT2D eigenvalue weighted by molar-refractivity contribution is 5.81. The number of pyridine rings is 1. The summed E-state index contributed by atoms with van der Waals surface area (Å²) in [5.41, 5.74) is -1.31. The van der Waals surface area contributed by atoms with Gasteiger partial charge in [0.05, 0.1) is 5.52 Å². The zero-order valence-electron chi connectivity index (χ0n) is 11.7. The van der Waals surface area contributed by atoms with Crippen LogP contribution in [0.3, 0.4) is 0 Å². The summed E-state index contributed by atoms with van der Waals surface area (Å²) in [7, 11) is 0. The second-order valence-corrected chi connectivity index (χ2v) is 5.01. The number of nitrogens with zero attached hydrogens (tertiary/aromatic N) is 1. The highest BCUT2D eigenvalue weighted by Gasteiger charge is 2.45. The van der Waals surface area contributed by atoms with Crippen LogP contribution < -0.4 is 5.43 Å². The molecule has 0 spiro atoms. The second kappa shape index (κ2) is 5.53. The summed E-state index contributed by atoms with van der Waals surface area (Å²) in [6.45, 7) is 0. The summed E-state index contributed by atoms with van der Waals surface area (Å²) in [5.74, 6) is -4.45. The van der Waals surface area contributed by atoms with Gasteiger partial charge >= 0.3 is 12.3 Å². The van der Waals surface area contributed by atoms with Gasteiger partial charge in [-0.15, -0.1) is 0 Å². The van der Waals surface area contributed by atoms with E-state index in [1.807, 2.05) is 0 Å². The number of hydrogen-bond donors (Lipinski definition) is 0. The zero-order chi connectivity index (χ0) is 16.6. The second-order valence-electron chi connectivity index (χ2n) is 5.01. The van der Waals surface area contributed by atoms with E-state index in [-0.39, 0.29) is 16.6 Å². The van der Waals surface area contributed by atoms with E-state index in [0.717, 1.165) is 4.57 Å². The first-order valence-corrected chi connectivity index (χ1v) is 6.79. The van der Waals surface area contributed by atoms with Gasteiger partial charge in [0.15, 0.2) is 5.43 Å². The molecule has 1 aromatic heterocycles. The van der Waals surface area contributed by atoms with Crippen LogP contribution in [-0.4, -0.2) is 11.0 Å². The molecule has 2 nitrogen and oxygen atoms in total. The smallest absolute Gasteiger partial charge is 0.307 e. The molecule has 6 heteroatoms. The molecule has 0 atom stereocenters. The predicted molar refractivity (Wildman–Crippen MR) is 79.4 cm³/mol. The maximum Gasteiger partial charge on any atom is 0.347 e. The largest absolute Gasteiger partial charge is 0.347 e. The standard InChI is InChI=1S/C17H11F4NO/c18-16(19)17(20,21)15-10-14(23)12-8-4-5-9-13(12)22(15)11-6-2-1-3-7-11/h1-10,16H. The lowest BCUT2D eigenvalue weighted by atomic mass is 10.1. The van der Waals surface area contributed by atoms with Crippen LogP contribution in [-0.2, 0) is 5.92 Å². The van der Waals surface area contributed by atoms with Gasteiger partial charge in [-0.1, -0.05) is 30.3 Å². The Kier molecular flexibility index (Phi) is 3.67. The third-order valence-corrected chi connectivity index (χ3v) is 3.55. The molecule has 118 valence electrons. The monoisotopic (exact) mass is 321 g/mol. The fraction of sp³-hybridized carbons (Fsp3) is 0.118. The molecule has 0 amide bonds. The molecule has 3 aromatic rings. The van der Waals surface area contributed by atoms with Crippen molar-refractivity contribution in [2.24, 2.45) is 0 Å². The third-order valence-electron chi connectivity index (χ3n) is 3.55. The van der Waals surface area contributed by atoms with Crippen LogP contribution in [0.4, 0.5) is 17.6 Å². The van der Waals surface area contributed by atoms with Crippen molar-refractivity contribution in [3.05, 3.63) is 76.6 Å². The number of rotatable bonds is 3. The van der Waals surface area contributed by atoms with Crippen molar-refractivity contribution in [2.75, 3.05) is 0 Å². The van der Waals surface area contributed by atoms with E-state index in [1.54, 1.807) is 30.3 Å². The van der Waals surface area contributed by atoms with E-state index >= 15 is 0 Å². The topological polar surface area (TPSA) is 22.0 Å². The van der Waals surface area contributed by atoms with E-state index in [1.165, 1.54) is 24.3 Å². The molecule has 23 heavy (non-hydrogen) atoms. The molecule has 1 heterocycles. The van der Waals surface area contributed by atoms with Crippen molar-refractivity contribution >= 4 is 10.9 Å². The summed E-state index contributed by atoms with van der Waals surface area (Å²) in [4.78, 5) is 12.1. The molecular formula is C17H11F4NO. The van der Waals surface area contributed by atoms with Crippen LogP contribution in [0.15, 0.2) is 65.5 Å². The summed E-state index contributed by atoms with van der Waals surface area (Å²) < 4.78 is 54.8. The van der Waals surface area contributed by atoms with Gasteiger partial charge in [-0.2, -0.15) is 8.78 Å². The first-order chi connectivity index (χ1) is 10.9. The van der Waals surface area contributed by atoms with E-state index in [0.29, 0.717) is 6.07 Å². The van der Waals surface area contributed by atoms with Gasteiger partial charge in [-0.25, -0.2) is 8.78 Å².